The molecule has 1 saturated heterocycles. The summed E-state index contributed by atoms with van der Waals surface area (Å²) in [6.45, 7) is 2.72. The topological polar surface area (TPSA) is 55.2 Å². The number of nitro groups is 1. The number of hydrogen-bond donors (Lipinski definition) is 1. The Kier molecular flexibility index (Phi) is 4.47. The molecule has 0 spiro atoms. The number of hydrogen-bond acceptors (Lipinski definition) is 4. The number of rotatable bonds is 4. The number of thioether (sulfide) groups is 1. The van der Waals surface area contributed by atoms with Gasteiger partial charge in [0, 0.05) is 23.9 Å². The van der Waals surface area contributed by atoms with Gasteiger partial charge in [0.1, 0.15) is 0 Å². The summed E-state index contributed by atoms with van der Waals surface area (Å²) in [6, 6.07) is 5.21. The molecule has 0 amide bonds. The molecule has 18 heavy (non-hydrogen) atoms. The van der Waals surface area contributed by atoms with Crippen LogP contribution in [0.5, 0.6) is 0 Å². The second kappa shape index (κ2) is 6.09. The minimum Gasteiger partial charge on any atom is -0.384 e. The quantitative estimate of drug-likeness (QED) is 0.670. The summed E-state index contributed by atoms with van der Waals surface area (Å²) in [4.78, 5) is 10.5. The molecule has 1 aliphatic heterocycles. The molecular formula is C13H18N2O2S. The molecule has 5 heteroatoms. The average molecular weight is 266 g/mol. The molecule has 1 aromatic carbocycles. The number of nitro benzene ring substituents is 1. The molecular weight excluding hydrogens is 248 g/mol. The van der Waals surface area contributed by atoms with E-state index in [2.05, 4.69) is 5.32 Å². The van der Waals surface area contributed by atoms with Crippen LogP contribution in [-0.2, 0) is 0 Å². The van der Waals surface area contributed by atoms with Crippen molar-refractivity contribution in [2.24, 2.45) is 5.92 Å². The summed E-state index contributed by atoms with van der Waals surface area (Å²) < 4.78 is 0. The van der Waals surface area contributed by atoms with Gasteiger partial charge < -0.3 is 5.32 Å². The number of nitrogens with one attached hydrogen (secondary N) is 1. The van der Waals surface area contributed by atoms with Crippen molar-refractivity contribution < 1.29 is 4.92 Å². The zero-order valence-corrected chi connectivity index (χ0v) is 11.3. The molecule has 1 N–H and O–H groups in total. The van der Waals surface area contributed by atoms with Gasteiger partial charge in [0.15, 0.2) is 0 Å². The van der Waals surface area contributed by atoms with E-state index in [1.807, 2.05) is 17.8 Å². The molecule has 1 heterocycles. The third-order valence-corrected chi connectivity index (χ3v) is 4.47. The molecule has 0 aromatic heterocycles. The fourth-order valence-corrected chi connectivity index (χ4v) is 3.42. The van der Waals surface area contributed by atoms with Crippen LogP contribution in [0.15, 0.2) is 18.2 Å². The Balaban J connectivity index is 2.00. The Labute approximate surface area is 111 Å². The second-order valence-corrected chi connectivity index (χ2v) is 5.87. The Morgan fingerprint density at radius 1 is 1.44 bits per heavy atom. The van der Waals surface area contributed by atoms with Gasteiger partial charge in [-0.05, 0) is 43.3 Å². The van der Waals surface area contributed by atoms with Crippen LogP contribution in [0.1, 0.15) is 18.4 Å². The van der Waals surface area contributed by atoms with Crippen LogP contribution in [0.25, 0.3) is 0 Å². The fourth-order valence-electron chi connectivity index (χ4n) is 2.22. The normalized spacial score (nSPS) is 16.5. The molecule has 0 saturated carbocycles. The summed E-state index contributed by atoms with van der Waals surface area (Å²) in [5, 5.41) is 14.2. The number of benzene rings is 1. The van der Waals surface area contributed by atoms with E-state index in [-0.39, 0.29) is 10.6 Å². The van der Waals surface area contributed by atoms with Crippen molar-refractivity contribution in [1.82, 2.24) is 0 Å². The van der Waals surface area contributed by atoms with Crippen molar-refractivity contribution in [3.8, 4) is 0 Å². The minimum atomic E-state index is -0.322. The van der Waals surface area contributed by atoms with Crippen LogP contribution in [0, 0.1) is 23.0 Å². The molecule has 1 aliphatic rings. The Hall–Kier alpha value is -1.23. The lowest BCUT2D eigenvalue weighted by Gasteiger charge is -2.22. The standard InChI is InChI=1S/C13H18N2O2S/c1-10-12(3-2-4-13(10)15(16)17)14-9-11-5-7-18-8-6-11/h2-4,11,14H,5-9H2,1H3. The van der Waals surface area contributed by atoms with Crippen molar-refractivity contribution in [3.63, 3.8) is 0 Å². The maximum absolute atomic E-state index is 10.9. The van der Waals surface area contributed by atoms with Crippen LogP contribution in [-0.4, -0.2) is 23.0 Å². The molecule has 98 valence electrons. The van der Waals surface area contributed by atoms with Crippen LogP contribution >= 0.6 is 11.8 Å². The van der Waals surface area contributed by atoms with Crippen molar-refractivity contribution in [2.45, 2.75) is 19.8 Å². The molecule has 0 radical (unpaired) electrons. The monoisotopic (exact) mass is 266 g/mol. The van der Waals surface area contributed by atoms with Crippen molar-refractivity contribution in [3.05, 3.63) is 33.9 Å². The SMILES string of the molecule is Cc1c(NCC2CCSCC2)cccc1[N+](=O)[O-]. The van der Waals surface area contributed by atoms with Crippen molar-refractivity contribution in [1.29, 1.82) is 0 Å². The molecule has 0 aliphatic carbocycles. The van der Waals surface area contributed by atoms with E-state index in [1.165, 1.54) is 24.3 Å². The third kappa shape index (κ3) is 3.16. The van der Waals surface area contributed by atoms with Gasteiger partial charge in [-0.1, -0.05) is 6.07 Å². The van der Waals surface area contributed by atoms with E-state index in [1.54, 1.807) is 19.1 Å². The van der Waals surface area contributed by atoms with Crippen molar-refractivity contribution >= 4 is 23.1 Å². The lowest BCUT2D eigenvalue weighted by atomic mass is 10.0. The Morgan fingerprint density at radius 2 is 2.17 bits per heavy atom. The lowest BCUT2D eigenvalue weighted by molar-refractivity contribution is -0.385. The van der Waals surface area contributed by atoms with Gasteiger partial charge in [-0.25, -0.2) is 0 Å². The first kappa shape index (κ1) is 13.2. The van der Waals surface area contributed by atoms with Gasteiger partial charge >= 0.3 is 0 Å². The van der Waals surface area contributed by atoms with Gasteiger partial charge in [0.25, 0.3) is 5.69 Å². The second-order valence-electron chi connectivity index (χ2n) is 4.64. The van der Waals surface area contributed by atoms with Crippen LogP contribution < -0.4 is 5.32 Å². The zero-order chi connectivity index (χ0) is 13.0. The highest BCUT2D eigenvalue weighted by molar-refractivity contribution is 7.99. The lowest BCUT2D eigenvalue weighted by Crippen LogP contribution is -2.19. The summed E-state index contributed by atoms with van der Waals surface area (Å²) in [5.41, 5.74) is 1.81. The van der Waals surface area contributed by atoms with E-state index in [9.17, 15) is 10.1 Å². The zero-order valence-electron chi connectivity index (χ0n) is 10.5. The summed E-state index contributed by atoms with van der Waals surface area (Å²) >= 11 is 2.01. The Morgan fingerprint density at radius 3 is 2.83 bits per heavy atom. The smallest absolute Gasteiger partial charge is 0.274 e. The maximum atomic E-state index is 10.9. The molecule has 0 unspecified atom stereocenters. The van der Waals surface area contributed by atoms with E-state index >= 15 is 0 Å². The predicted molar refractivity (Wildman–Crippen MR) is 76.4 cm³/mol. The minimum absolute atomic E-state index is 0.194. The highest BCUT2D eigenvalue weighted by Crippen LogP contribution is 2.27. The van der Waals surface area contributed by atoms with E-state index < -0.39 is 0 Å². The molecule has 1 aromatic rings. The van der Waals surface area contributed by atoms with Gasteiger partial charge in [-0.3, -0.25) is 10.1 Å². The Bertz CT molecular complexity index is 431. The van der Waals surface area contributed by atoms with Crippen LogP contribution in [0.3, 0.4) is 0 Å². The van der Waals surface area contributed by atoms with Crippen molar-refractivity contribution in [2.75, 3.05) is 23.4 Å². The summed E-state index contributed by atoms with van der Waals surface area (Å²) in [7, 11) is 0. The predicted octanol–water partition coefficient (Wildman–Crippen LogP) is 3.46. The van der Waals surface area contributed by atoms with Gasteiger partial charge in [-0.15, -0.1) is 0 Å². The number of anilines is 1. The van der Waals surface area contributed by atoms with Gasteiger partial charge in [0.2, 0.25) is 0 Å². The van der Waals surface area contributed by atoms with E-state index in [0.717, 1.165) is 17.8 Å². The van der Waals surface area contributed by atoms with Gasteiger partial charge in [-0.2, -0.15) is 11.8 Å². The molecule has 4 nitrogen and oxygen atoms in total. The highest BCUT2D eigenvalue weighted by atomic mass is 32.2. The molecule has 2 rings (SSSR count). The molecule has 1 fully saturated rings. The summed E-state index contributed by atoms with van der Waals surface area (Å²) in [5.74, 6) is 3.17. The van der Waals surface area contributed by atoms with Crippen LogP contribution in [0.4, 0.5) is 11.4 Å². The summed E-state index contributed by atoms with van der Waals surface area (Å²) in [6.07, 6.45) is 2.48. The first-order chi connectivity index (χ1) is 8.68. The maximum Gasteiger partial charge on any atom is 0.274 e. The van der Waals surface area contributed by atoms with E-state index in [0.29, 0.717) is 5.92 Å². The van der Waals surface area contributed by atoms with E-state index in [4.69, 9.17) is 0 Å². The fraction of sp³-hybridized carbons (Fsp3) is 0.538. The van der Waals surface area contributed by atoms with Crippen LogP contribution in [0.2, 0.25) is 0 Å². The van der Waals surface area contributed by atoms with Gasteiger partial charge in [0.05, 0.1) is 4.92 Å². The average Bonchev–Trinajstić information content (AvgIpc) is 2.38. The molecule has 0 atom stereocenters. The third-order valence-electron chi connectivity index (χ3n) is 3.42. The first-order valence-corrected chi connectivity index (χ1v) is 7.39. The first-order valence-electron chi connectivity index (χ1n) is 6.24. The number of nitrogens with zero attached hydrogens (tertiary/aromatic N) is 1. The molecule has 0 bridgehead atoms. The highest BCUT2D eigenvalue weighted by Gasteiger charge is 2.16. The largest absolute Gasteiger partial charge is 0.384 e.